The zero-order valence-electron chi connectivity index (χ0n) is 11.1. The van der Waals surface area contributed by atoms with Crippen LogP contribution in [0.15, 0.2) is 35.7 Å². The third kappa shape index (κ3) is 5.23. The Morgan fingerprint density at radius 3 is 2.73 bits per heavy atom. The Morgan fingerprint density at radius 1 is 1.32 bits per heavy atom. The molecule has 0 radical (unpaired) electrons. The minimum absolute atomic E-state index is 0.0822. The van der Waals surface area contributed by atoms with Crippen LogP contribution in [0.4, 0.5) is 18.9 Å². The smallest absolute Gasteiger partial charge is 0.422 e. The molecule has 3 nitrogen and oxygen atoms in total. The fraction of sp³-hybridized carbons (Fsp3) is 0.214. The number of carbonyl (C=O) groups is 1. The summed E-state index contributed by atoms with van der Waals surface area (Å²) in [6.07, 6.45) is -4.33. The molecular formula is C14H11ClF3NO2S. The number of alkyl halides is 3. The maximum Gasteiger partial charge on any atom is 0.422 e. The summed E-state index contributed by atoms with van der Waals surface area (Å²) in [6.45, 7) is -1.44. The summed E-state index contributed by atoms with van der Waals surface area (Å²) in [7, 11) is 0. The summed E-state index contributed by atoms with van der Waals surface area (Å²) in [4.78, 5) is 12.8. The molecule has 8 heteroatoms. The Kier molecular flexibility index (Phi) is 5.31. The molecule has 118 valence electrons. The van der Waals surface area contributed by atoms with Crippen molar-refractivity contribution in [1.82, 2.24) is 0 Å². The molecule has 1 amide bonds. The Bertz CT molecular complexity index is 644. The summed E-state index contributed by atoms with van der Waals surface area (Å²) < 4.78 is 41.4. The second kappa shape index (κ2) is 7.02. The van der Waals surface area contributed by atoms with Crippen LogP contribution < -0.4 is 10.1 Å². The van der Waals surface area contributed by atoms with Gasteiger partial charge in [-0.3, -0.25) is 4.79 Å². The molecule has 0 saturated heterocycles. The Balaban J connectivity index is 2.08. The van der Waals surface area contributed by atoms with Crippen LogP contribution in [-0.4, -0.2) is 18.7 Å². The van der Waals surface area contributed by atoms with Crippen LogP contribution in [0, 0.1) is 0 Å². The first-order chi connectivity index (χ1) is 10.3. The minimum Gasteiger partial charge on any atom is -0.482 e. The van der Waals surface area contributed by atoms with E-state index < -0.39 is 12.8 Å². The van der Waals surface area contributed by atoms with E-state index >= 15 is 0 Å². The number of amides is 1. The van der Waals surface area contributed by atoms with Gasteiger partial charge in [-0.15, -0.1) is 11.3 Å². The fourth-order valence-electron chi connectivity index (χ4n) is 1.65. The molecule has 1 heterocycles. The second-order valence-corrected chi connectivity index (χ2v) is 5.82. The number of halogens is 4. The van der Waals surface area contributed by atoms with Crippen molar-refractivity contribution >= 4 is 34.5 Å². The van der Waals surface area contributed by atoms with Gasteiger partial charge in [0.25, 0.3) is 0 Å². The van der Waals surface area contributed by atoms with Crippen LogP contribution >= 0.6 is 22.9 Å². The molecular weight excluding hydrogens is 339 g/mol. The quantitative estimate of drug-likeness (QED) is 0.861. The number of anilines is 1. The third-order valence-corrected chi connectivity index (χ3v) is 3.63. The van der Waals surface area contributed by atoms with Crippen molar-refractivity contribution in [2.45, 2.75) is 12.6 Å². The summed E-state index contributed by atoms with van der Waals surface area (Å²) >= 11 is 7.22. The summed E-state index contributed by atoms with van der Waals surface area (Å²) in [6, 6.07) is 7.63. The Labute approximate surface area is 133 Å². The average Bonchev–Trinajstić information content (AvgIpc) is 2.89. The van der Waals surface area contributed by atoms with Gasteiger partial charge in [0.05, 0.1) is 12.1 Å². The van der Waals surface area contributed by atoms with Gasteiger partial charge in [-0.2, -0.15) is 13.2 Å². The molecule has 0 atom stereocenters. The molecule has 0 saturated carbocycles. The zero-order chi connectivity index (χ0) is 16.2. The van der Waals surface area contributed by atoms with E-state index in [-0.39, 0.29) is 28.8 Å². The predicted octanol–water partition coefficient (Wildman–Crippen LogP) is 4.52. The van der Waals surface area contributed by atoms with E-state index in [2.05, 4.69) is 5.32 Å². The molecule has 0 unspecified atom stereocenters. The van der Waals surface area contributed by atoms with E-state index in [1.807, 2.05) is 11.4 Å². The van der Waals surface area contributed by atoms with Gasteiger partial charge < -0.3 is 10.1 Å². The highest BCUT2D eigenvalue weighted by atomic mass is 35.5. The highest BCUT2D eigenvalue weighted by Crippen LogP contribution is 2.30. The number of benzene rings is 1. The molecule has 0 aliphatic heterocycles. The Morgan fingerprint density at radius 2 is 2.09 bits per heavy atom. The third-order valence-electron chi connectivity index (χ3n) is 2.52. The predicted molar refractivity (Wildman–Crippen MR) is 79.7 cm³/mol. The van der Waals surface area contributed by atoms with Gasteiger partial charge >= 0.3 is 6.18 Å². The van der Waals surface area contributed by atoms with E-state index in [1.165, 1.54) is 29.5 Å². The van der Waals surface area contributed by atoms with Gasteiger partial charge in [0.1, 0.15) is 5.75 Å². The van der Waals surface area contributed by atoms with E-state index in [0.29, 0.717) is 0 Å². The molecule has 1 aromatic heterocycles. The van der Waals surface area contributed by atoms with Gasteiger partial charge in [-0.05, 0) is 29.6 Å². The molecule has 0 aliphatic carbocycles. The van der Waals surface area contributed by atoms with Crippen molar-refractivity contribution < 1.29 is 22.7 Å². The second-order valence-electron chi connectivity index (χ2n) is 4.35. The normalized spacial score (nSPS) is 11.3. The molecule has 0 aliphatic rings. The minimum atomic E-state index is -4.46. The highest BCUT2D eigenvalue weighted by Gasteiger charge is 2.29. The number of nitrogens with one attached hydrogen (secondary N) is 1. The van der Waals surface area contributed by atoms with Crippen LogP contribution in [0.3, 0.4) is 0 Å². The van der Waals surface area contributed by atoms with E-state index in [9.17, 15) is 18.0 Å². The zero-order valence-corrected chi connectivity index (χ0v) is 12.7. The van der Waals surface area contributed by atoms with Crippen molar-refractivity contribution in [3.05, 3.63) is 45.6 Å². The van der Waals surface area contributed by atoms with E-state index in [1.54, 1.807) is 6.07 Å². The molecule has 2 rings (SSSR count). The molecule has 22 heavy (non-hydrogen) atoms. The first-order valence-electron chi connectivity index (χ1n) is 6.15. The molecule has 1 aromatic carbocycles. The molecule has 2 aromatic rings. The molecule has 0 spiro atoms. The van der Waals surface area contributed by atoms with Crippen molar-refractivity contribution in [1.29, 1.82) is 0 Å². The van der Waals surface area contributed by atoms with Crippen LogP contribution in [0.1, 0.15) is 4.88 Å². The van der Waals surface area contributed by atoms with Gasteiger partial charge in [-0.1, -0.05) is 17.7 Å². The lowest BCUT2D eigenvalue weighted by Crippen LogP contribution is -2.20. The lowest BCUT2D eigenvalue weighted by molar-refractivity contribution is -0.153. The van der Waals surface area contributed by atoms with Crippen LogP contribution in [0.2, 0.25) is 5.02 Å². The summed E-state index contributed by atoms with van der Waals surface area (Å²) in [5.41, 5.74) is 0.110. The highest BCUT2D eigenvalue weighted by molar-refractivity contribution is 7.10. The van der Waals surface area contributed by atoms with Gasteiger partial charge in [-0.25, -0.2) is 0 Å². The van der Waals surface area contributed by atoms with Crippen molar-refractivity contribution in [2.75, 3.05) is 11.9 Å². The monoisotopic (exact) mass is 349 g/mol. The maximum atomic E-state index is 12.2. The first kappa shape index (κ1) is 16.6. The van der Waals surface area contributed by atoms with Crippen molar-refractivity contribution in [3.63, 3.8) is 0 Å². The van der Waals surface area contributed by atoms with Crippen molar-refractivity contribution in [3.8, 4) is 5.75 Å². The largest absolute Gasteiger partial charge is 0.482 e. The number of rotatable bonds is 5. The molecule has 1 N–H and O–H groups in total. The molecule has 0 bridgehead atoms. The number of ether oxygens (including phenoxy) is 1. The van der Waals surface area contributed by atoms with Gasteiger partial charge in [0.15, 0.2) is 6.61 Å². The van der Waals surface area contributed by atoms with Gasteiger partial charge in [0.2, 0.25) is 5.91 Å². The lowest BCUT2D eigenvalue weighted by atomic mass is 10.2. The van der Waals surface area contributed by atoms with Crippen molar-refractivity contribution in [2.24, 2.45) is 0 Å². The average molecular weight is 350 g/mol. The Hall–Kier alpha value is -1.73. The van der Waals surface area contributed by atoms with Gasteiger partial charge in [0, 0.05) is 9.90 Å². The van der Waals surface area contributed by atoms with Crippen LogP contribution in [-0.2, 0) is 11.2 Å². The van der Waals surface area contributed by atoms with E-state index in [4.69, 9.17) is 16.3 Å². The maximum absolute atomic E-state index is 12.2. The summed E-state index contributed by atoms with van der Waals surface area (Å²) in [5, 5.41) is 4.63. The number of carbonyl (C=O) groups excluding carboxylic acids is 1. The SMILES string of the molecule is O=C(Cc1cccs1)Nc1cc(Cl)ccc1OCC(F)(F)F. The molecule has 0 fully saturated rings. The standard InChI is InChI=1S/C14H11ClF3NO2S/c15-9-3-4-12(21-8-14(16,17)18)11(6-9)19-13(20)7-10-2-1-5-22-10/h1-6H,7-8H2,(H,19,20). The summed E-state index contributed by atoms with van der Waals surface area (Å²) in [5.74, 6) is -0.442. The topological polar surface area (TPSA) is 38.3 Å². The lowest BCUT2D eigenvalue weighted by Gasteiger charge is -2.14. The van der Waals surface area contributed by atoms with Crippen LogP contribution in [0.5, 0.6) is 5.75 Å². The first-order valence-corrected chi connectivity index (χ1v) is 7.40. The van der Waals surface area contributed by atoms with Crippen LogP contribution in [0.25, 0.3) is 0 Å². The van der Waals surface area contributed by atoms with E-state index in [0.717, 1.165) is 4.88 Å². The number of hydrogen-bond donors (Lipinski definition) is 1. The number of hydrogen-bond acceptors (Lipinski definition) is 3. The fourth-order valence-corrected chi connectivity index (χ4v) is 2.53. The number of thiophene rings is 1.